The van der Waals surface area contributed by atoms with E-state index >= 15 is 0 Å². The predicted octanol–water partition coefficient (Wildman–Crippen LogP) is 3.11. The predicted molar refractivity (Wildman–Crippen MR) is 116 cm³/mol. The second-order valence-electron chi connectivity index (χ2n) is 9.70. The molecule has 7 nitrogen and oxygen atoms in total. The van der Waals surface area contributed by atoms with Crippen molar-refractivity contribution in [2.75, 3.05) is 13.2 Å². The van der Waals surface area contributed by atoms with Crippen molar-refractivity contribution in [1.29, 1.82) is 0 Å². The summed E-state index contributed by atoms with van der Waals surface area (Å²) in [4.78, 5) is 12.5. The number of carbonyl (C=O) groups is 1. The minimum Gasteiger partial charge on any atom is -0.459 e. The summed E-state index contributed by atoms with van der Waals surface area (Å²) in [7, 11) is -2.28. The summed E-state index contributed by atoms with van der Waals surface area (Å²) in [5, 5.41) is 19.7. The largest absolute Gasteiger partial charge is 0.459 e. The van der Waals surface area contributed by atoms with Gasteiger partial charge in [0.05, 0.1) is 12.2 Å². The highest BCUT2D eigenvalue weighted by molar-refractivity contribution is 6.74. The van der Waals surface area contributed by atoms with Crippen LogP contribution in [0.4, 0.5) is 0 Å². The molecule has 1 heterocycles. The second-order valence-corrected chi connectivity index (χ2v) is 14.5. The molecule has 0 saturated carbocycles. The molecule has 0 bridgehead atoms. The van der Waals surface area contributed by atoms with Crippen LogP contribution in [0.1, 0.15) is 45.0 Å². The van der Waals surface area contributed by atoms with Crippen LogP contribution in [0.25, 0.3) is 0 Å². The average molecular weight is 441 g/mol. The molecule has 2 N–H and O–H groups in total. The maximum Gasteiger partial charge on any atom is 0.338 e. The van der Waals surface area contributed by atoms with Crippen molar-refractivity contribution in [3.05, 3.63) is 35.9 Å². The number of ether oxygens (including phenoxy) is 3. The van der Waals surface area contributed by atoms with Crippen LogP contribution in [0.3, 0.4) is 0 Å². The standard InChI is InChI=1S/C22H36O7Si/c1-21(2,3)30(6,7)29-17(14-26-20(25)15-11-9-8-10-12-15)19-18(16(24)13-23)27-22(4,5)28-19/h8-12,16-19,23-24H,13-14H2,1-7H3/t16?,17-,18-,19+/m1/s1. The first-order valence-electron chi connectivity index (χ1n) is 10.3. The number of aliphatic hydroxyl groups is 2. The van der Waals surface area contributed by atoms with E-state index in [9.17, 15) is 15.0 Å². The Balaban J connectivity index is 2.27. The fourth-order valence-electron chi connectivity index (χ4n) is 3.07. The number of rotatable bonds is 8. The minimum absolute atomic E-state index is 0.0566. The number of hydrogen-bond donors (Lipinski definition) is 2. The molecule has 8 heteroatoms. The normalized spacial score (nSPS) is 23.8. The molecule has 0 aromatic heterocycles. The smallest absolute Gasteiger partial charge is 0.338 e. The van der Waals surface area contributed by atoms with Gasteiger partial charge in [0, 0.05) is 0 Å². The van der Waals surface area contributed by atoms with E-state index in [2.05, 4.69) is 33.9 Å². The highest BCUT2D eigenvalue weighted by Gasteiger charge is 2.51. The number of aliphatic hydroxyl groups excluding tert-OH is 2. The minimum atomic E-state index is -2.28. The van der Waals surface area contributed by atoms with Crippen LogP contribution in [0.15, 0.2) is 30.3 Å². The van der Waals surface area contributed by atoms with Crippen molar-refractivity contribution in [2.24, 2.45) is 0 Å². The monoisotopic (exact) mass is 440 g/mol. The van der Waals surface area contributed by atoms with E-state index in [0.717, 1.165) is 0 Å². The number of carbonyl (C=O) groups excluding carboxylic acids is 1. The third kappa shape index (κ3) is 6.12. The summed E-state index contributed by atoms with van der Waals surface area (Å²) in [6.07, 6.45) is -3.33. The molecule has 30 heavy (non-hydrogen) atoms. The van der Waals surface area contributed by atoms with Crippen molar-refractivity contribution in [1.82, 2.24) is 0 Å². The molecule has 1 aromatic rings. The van der Waals surface area contributed by atoms with Crippen molar-refractivity contribution in [3.8, 4) is 0 Å². The van der Waals surface area contributed by atoms with Gasteiger partial charge in [0.2, 0.25) is 0 Å². The zero-order valence-corrected chi connectivity index (χ0v) is 20.0. The lowest BCUT2D eigenvalue weighted by atomic mass is 10.0. The Hall–Kier alpha value is -1.29. The van der Waals surface area contributed by atoms with Gasteiger partial charge in [-0.25, -0.2) is 4.79 Å². The van der Waals surface area contributed by atoms with Crippen molar-refractivity contribution in [2.45, 2.75) is 83.0 Å². The number of esters is 1. The maximum absolute atomic E-state index is 12.5. The molecule has 1 aliphatic rings. The van der Waals surface area contributed by atoms with Crippen molar-refractivity contribution < 1.29 is 33.6 Å². The quantitative estimate of drug-likeness (QED) is 0.474. The van der Waals surface area contributed by atoms with Gasteiger partial charge in [0.15, 0.2) is 14.1 Å². The Morgan fingerprint density at radius 3 is 2.27 bits per heavy atom. The van der Waals surface area contributed by atoms with Gasteiger partial charge in [-0.3, -0.25) is 0 Å². The third-order valence-corrected chi connectivity index (χ3v) is 10.2. The molecule has 1 fully saturated rings. The molecule has 0 spiro atoms. The van der Waals surface area contributed by atoms with Gasteiger partial charge < -0.3 is 28.8 Å². The Kier molecular flexibility index (Phi) is 7.87. The average Bonchev–Trinajstić information content (AvgIpc) is 2.99. The molecule has 0 amide bonds. The maximum atomic E-state index is 12.5. The van der Waals surface area contributed by atoms with E-state index < -0.39 is 51.1 Å². The molecule has 1 aromatic carbocycles. The lowest BCUT2D eigenvalue weighted by Gasteiger charge is -2.41. The summed E-state index contributed by atoms with van der Waals surface area (Å²) >= 11 is 0. The zero-order valence-electron chi connectivity index (χ0n) is 19.0. The van der Waals surface area contributed by atoms with E-state index in [-0.39, 0.29) is 11.6 Å². The van der Waals surface area contributed by atoms with E-state index in [4.69, 9.17) is 18.6 Å². The van der Waals surface area contributed by atoms with Gasteiger partial charge in [-0.15, -0.1) is 0 Å². The molecular formula is C22H36O7Si. The first-order valence-corrected chi connectivity index (χ1v) is 13.2. The highest BCUT2D eigenvalue weighted by Crippen LogP contribution is 2.40. The second kappa shape index (κ2) is 9.46. The Morgan fingerprint density at radius 2 is 1.73 bits per heavy atom. The van der Waals surface area contributed by atoms with Crippen LogP contribution in [0.5, 0.6) is 0 Å². The topological polar surface area (TPSA) is 94.5 Å². The molecular weight excluding hydrogens is 404 g/mol. The van der Waals surface area contributed by atoms with E-state index in [1.54, 1.807) is 38.1 Å². The first kappa shape index (κ1) is 25.0. The van der Waals surface area contributed by atoms with E-state index in [1.807, 2.05) is 6.07 Å². The lowest BCUT2D eigenvalue weighted by molar-refractivity contribution is -0.162. The molecule has 1 saturated heterocycles. The molecule has 2 rings (SSSR count). The summed E-state index contributed by atoms with van der Waals surface area (Å²) < 4.78 is 24.0. The van der Waals surface area contributed by atoms with Gasteiger partial charge in [-0.2, -0.15) is 0 Å². The van der Waals surface area contributed by atoms with E-state index in [0.29, 0.717) is 5.56 Å². The molecule has 1 aliphatic heterocycles. The summed E-state index contributed by atoms with van der Waals surface area (Å²) in [6, 6.07) is 8.73. The van der Waals surface area contributed by atoms with Crippen molar-refractivity contribution in [3.63, 3.8) is 0 Å². The number of hydrogen-bond acceptors (Lipinski definition) is 7. The molecule has 0 aliphatic carbocycles. The SMILES string of the molecule is CC1(C)O[C@@H]([C@@H](COC(=O)c2ccccc2)O[Si](C)(C)C(C)(C)C)[C@@H](C(O)CO)O1. The lowest BCUT2D eigenvalue weighted by Crippen LogP contribution is -2.53. The zero-order chi connectivity index (χ0) is 22.7. The summed E-state index contributed by atoms with van der Waals surface area (Å²) in [6.45, 7) is 13.5. The Bertz CT molecular complexity index is 699. The summed E-state index contributed by atoms with van der Waals surface area (Å²) in [5.74, 6) is -1.43. The van der Waals surface area contributed by atoms with Crippen LogP contribution in [-0.4, -0.2) is 67.9 Å². The fourth-order valence-corrected chi connectivity index (χ4v) is 4.39. The third-order valence-electron chi connectivity index (χ3n) is 5.74. The van der Waals surface area contributed by atoms with Gasteiger partial charge in [-0.1, -0.05) is 39.0 Å². The van der Waals surface area contributed by atoms with Crippen LogP contribution in [-0.2, 0) is 18.6 Å². The van der Waals surface area contributed by atoms with Crippen LogP contribution in [0.2, 0.25) is 18.1 Å². The van der Waals surface area contributed by atoms with Gasteiger partial charge in [0.1, 0.15) is 31.0 Å². The highest BCUT2D eigenvalue weighted by atomic mass is 28.4. The molecule has 0 radical (unpaired) electrons. The first-order chi connectivity index (χ1) is 13.8. The fraction of sp³-hybridized carbons (Fsp3) is 0.682. The Morgan fingerprint density at radius 1 is 1.17 bits per heavy atom. The Labute approximate surface area is 180 Å². The van der Waals surface area contributed by atoms with Gasteiger partial charge in [-0.05, 0) is 44.1 Å². The van der Waals surface area contributed by atoms with Gasteiger partial charge >= 0.3 is 5.97 Å². The molecule has 1 unspecified atom stereocenters. The van der Waals surface area contributed by atoms with Crippen LogP contribution >= 0.6 is 0 Å². The van der Waals surface area contributed by atoms with E-state index in [1.165, 1.54) is 0 Å². The number of benzene rings is 1. The van der Waals surface area contributed by atoms with Crippen LogP contribution < -0.4 is 0 Å². The van der Waals surface area contributed by atoms with Crippen molar-refractivity contribution >= 4 is 14.3 Å². The molecule has 4 atom stereocenters. The summed E-state index contributed by atoms with van der Waals surface area (Å²) in [5.41, 5.74) is 0.444. The van der Waals surface area contributed by atoms with Gasteiger partial charge in [0.25, 0.3) is 0 Å². The molecule has 170 valence electrons. The van der Waals surface area contributed by atoms with Crippen LogP contribution in [0, 0.1) is 0 Å².